The van der Waals surface area contributed by atoms with E-state index in [1.54, 1.807) is 0 Å². The smallest absolute Gasteiger partial charge is 0.0396 e. The predicted octanol–water partition coefficient (Wildman–Crippen LogP) is 3.46. The molecule has 106 valence electrons. The van der Waals surface area contributed by atoms with Gasteiger partial charge in [-0.3, -0.25) is 0 Å². The second-order valence-corrected chi connectivity index (χ2v) is 6.24. The zero-order chi connectivity index (χ0) is 13.9. The molecule has 1 aromatic rings. The lowest BCUT2D eigenvalue weighted by Gasteiger charge is -2.39. The summed E-state index contributed by atoms with van der Waals surface area (Å²) in [7, 11) is 0. The van der Waals surface area contributed by atoms with Crippen LogP contribution in [0.25, 0.3) is 0 Å². The molecular weight excluding hydrogens is 232 g/mol. The Balaban J connectivity index is 2.21. The third-order valence-electron chi connectivity index (χ3n) is 4.85. The molecule has 2 heteroatoms. The highest BCUT2D eigenvalue weighted by molar-refractivity contribution is 5.53. The second-order valence-electron chi connectivity index (χ2n) is 6.24. The summed E-state index contributed by atoms with van der Waals surface area (Å²) in [4.78, 5) is 2.56. The van der Waals surface area contributed by atoms with Crippen LogP contribution in [-0.2, 0) is 0 Å². The Kier molecular flexibility index (Phi) is 4.51. The van der Waals surface area contributed by atoms with E-state index < -0.39 is 0 Å². The van der Waals surface area contributed by atoms with Crippen molar-refractivity contribution < 1.29 is 0 Å². The molecule has 0 spiro atoms. The Morgan fingerprint density at radius 1 is 1.32 bits per heavy atom. The number of anilines is 1. The van der Waals surface area contributed by atoms with Gasteiger partial charge < -0.3 is 10.2 Å². The SMILES string of the molecule is CCN(CC1(C(C)C)CCNC1)c1ccccc1C. The molecule has 1 fully saturated rings. The van der Waals surface area contributed by atoms with Crippen LogP contribution in [0.3, 0.4) is 0 Å². The van der Waals surface area contributed by atoms with Gasteiger partial charge in [0.1, 0.15) is 0 Å². The molecule has 1 saturated heterocycles. The zero-order valence-electron chi connectivity index (χ0n) is 12.9. The Morgan fingerprint density at radius 2 is 2.05 bits per heavy atom. The second kappa shape index (κ2) is 5.96. The quantitative estimate of drug-likeness (QED) is 0.872. The van der Waals surface area contributed by atoms with Crippen LogP contribution in [0.1, 0.15) is 32.8 Å². The molecule has 2 rings (SSSR count). The monoisotopic (exact) mass is 260 g/mol. The average Bonchev–Trinajstić information content (AvgIpc) is 2.87. The van der Waals surface area contributed by atoms with Gasteiger partial charge in [-0.2, -0.15) is 0 Å². The number of rotatable bonds is 5. The molecule has 0 amide bonds. The van der Waals surface area contributed by atoms with Gasteiger partial charge in [0.05, 0.1) is 0 Å². The van der Waals surface area contributed by atoms with Crippen LogP contribution in [0.5, 0.6) is 0 Å². The first-order valence-electron chi connectivity index (χ1n) is 7.60. The van der Waals surface area contributed by atoms with Crippen molar-refractivity contribution in [2.45, 2.75) is 34.1 Å². The van der Waals surface area contributed by atoms with Gasteiger partial charge in [-0.05, 0) is 44.4 Å². The van der Waals surface area contributed by atoms with Gasteiger partial charge in [0, 0.05) is 30.7 Å². The molecule has 2 nitrogen and oxygen atoms in total. The molecule has 1 atom stereocenters. The van der Waals surface area contributed by atoms with Crippen molar-refractivity contribution in [1.82, 2.24) is 5.32 Å². The summed E-state index contributed by atoms with van der Waals surface area (Å²) in [6.07, 6.45) is 1.30. The molecule has 0 aliphatic carbocycles. The summed E-state index contributed by atoms with van der Waals surface area (Å²) in [6, 6.07) is 8.75. The van der Waals surface area contributed by atoms with Crippen molar-refractivity contribution in [3.05, 3.63) is 29.8 Å². The van der Waals surface area contributed by atoms with Crippen LogP contribution >= 0.6 is 0 Å². The zero-order valence-corrected chi connectivity index (χ0v) is 12.9. The van der Waals surface area contributed by atoms with Gasteiger partial charge in [-0.15, -0.1) is 0 Å². The molecule has 1 aromatic carbocycles. The van der Waals surface area contributed by atoms with E-state index in [1.807, 2.05) is 0 Å². The molecule has 1 aliphatic rings. The van der Waals surface area contributed by atoms with E-state index in [9.17, 15) is 0 Å². The van der Waals surface area contributed by atoms with Gasteiger partial charge in [-0.25, -0.2) is 0 Å². The van der Waals surface area contributed by atoms with E-state index in [0.29, 0.717) is 5.41 Å². The van der Waals surface area contributed by atoms with Crippen molar-refractivity contribution in [3.8, 4) is 0 Å². The topological polar surface area (TPSA) is 15.3 Å². The third-order valence-corrected chi connectivity index (χ3v) is 4.85. The van der Waals surface area contributed by atoms with Gasteiger partial charge in [0.2, 0.25) is 0 Å². The van der Waals surface area contributed by atoms with Crippen molar-refractivity contribution in [2.24, 2.45) is 11.3 Å². The minimum Gasteiger partial charge on any atom is -0.371 e. The minimum absolute atomic E-state index is 0.429. The minimum atomic E-state index is 0.429. The fourth-order valence-electron chi connectivity index (χ4n) is 3.24. The lowest BCUT2D eigenvalue weighted by atomic mass is 9.76. The lowest BCUT2D eigenvalue weighted by Crippen LogP contribution is -2.43. The van der Waals surface area contributed by atoms with Gasteiger partial charge in [0.15, 0.2) is 0 Å². The summed E-state index contributed by atoms with van der Waals surface area (Å²) in [5.74, 6) is 0.723. The third kappa shape index (κ3) is 2.94. The van der Waals surface area contributed by atoms with E-state index in [4.69, 9.17) is 0 Å². The number of para-hydroxylation sites is 1. The summed E-state index contributed by atoms with van der Waals surface area (Å²) in [5.41, 5.74) is 3.21. The number of hydrogen-bond donors (Lipinski definition) is 1. The van der Waals surface area contributed by atoms with Gasteiger partial charge >= 0.3 is 0 Å². The van der Waals surface area contributed by atoms with E-state index in [-0.39, 0.29) is 0 Å². The Labute approximate surface area is 118 Å². The standard InChI is InChI=1S/C17H28N2/c1-5-19(16-9-7-6-8-15(16)4)13-17(14(2)3)10-11-18-12-17/h6-9,14,18H,5,10-13H2,1-4H3. The van der Waals surface area contributed by atoms with Crippen molar-refractivity contribution in [1.29, 1.82) is 0 Å². The van der Waals surface area contributed by atoms with Crippen molar-refractivity contribution in [2.75, 3.05) is 31.1 Å². The molecule has 1 N–H and O–H groups in total. The van der Waals surface area contributed by atoms with Crippen LogP contribution in [-0.4, -0.2) is 26.2 Å². The van der Waals surface area contributed by atoms with E-state index in [1.165, 1.54) is 30.8 Å². The number of nitrogens with zero attached hydrogens (tertiary/aromatic N) is 1. The summed E-state index contributed by atoms with van der Waals surface area (Å²) < 4.78 is 0. The molecule has 1 aliphatic heterocycles. The summed E-state index contributed by atoms with van der Waals surface area (Å²) in [5, 5.41) is 3.56. The summed E-state index contributed by atoms with van der Waals surface area (Å²) in [6.45, 7) is 13.8. The van der Waals surface area contributed by atoms with E-state index in [2.05, 4.69) is 62.2 Å². The predicted molar refractivity (Wildman–Crippen MR) is 83.8 cm³/mol. The Morgan fingerprint density at radius 3 is 2.58 bits per heavy atom. The molecule has 0 radical (unpaired) electrons. The molecule has 0 saturated carbocycles. The fraction of sp³-hybridized carbons (Fsp3) is 0.647. The van der Waals surface area contributed by atoms with Crippen molar-refractivity contribution >= 4 is 5.69 Å². The average molecular weight is 260 g/mol. The number of nitrogens with one attached hydrogen (secondary N) is 1. The summed E-state index contributed by atoms with van der Waals surface area (Å²) >= 11 is 0. The molecular formula is C17H28N2. The molecule has 1 heterocycles. The first kappa shape index (κ1) is 14.4. The van der Waals surface area contributed by atoms with Gasteiger partial charge in [0.25, 0.3) is 0 Å². The molecule has 0 bridgehead atoms. The highest BCUT2D eigenvalue weighted by Gasteiger charge is 2.38. The first-order chi connectivity index (χ1) is 9.09. The molecule has 1 unspecified atom stereocenters. The van der Waals surface area contributed by atoms with Crippen LogP contribution in [0.15, 0.2) is 24.3 Å². The highest BCUT2D eigenvalue weighted by atomic mass is 15.1. The Bertz CT molecular complexity index is 405. The van der Waals surface area contributed by atoms with E-state index in [0.717, 1.165) is 19.0 Å². The van der Waals surface area contributed by atoms with Crippen LogP contribution in [0.2, 0.25) is 0 Å². The fourth-order valence-corrected chi connectivity index (χ4v) is 3.24. The molecule has 0 aromatic heterocycles. The van der Waals surface area contributed by atoms with Crippen LogP contribution in [0.4, 0.5) is 5.69 Å². The van der Waals surface area contributed by atoms with Crippen molar-refractivity contribution in [3.63, 3.8) is 0 Å². The maximum absolute atomic E-state index is 3.56. The number of aryl methyl sites for hydroxylation is 1. The first-order valence-corrected chi connectivity index (χ1v) is 7.60. The largest absolute Gasteiger partial charge is 0.371 e. The lowest BCUT2D eigenvalue weighted by molar-refractivity contribution is 0.223. The number of hydrogen-bond acceptors (Lipinski definition) is 2. The number of benzene rings is 1. The van der Waals surface area contributed by atoms with Crippen LogP contribution in [0, 0.1) is 18.3 Å². The Hall–Kier alpha value is -1.02. The maximum atomic E-state index is 3.56. The van der Waals surface area contributed by atoms with Gasteiger partial charge in [-0.1, -0.05) is 32.0 Å². The normalized spacial score (nSPS) is 23.0. The molecule has 19 heavy (non-hydrogen) atoms. The highest BCUT2D eigenvalue weighted by Crippen LogP contribution is 2.36. The maximum Gasteiger partial charge on any atom is 0.0396 e. The van der Waals surface area contributed by atoms with Crippen LogP contribution < -0.4 is 10.2 Å². The van der Waals surface area contributed by atoms with E-state index >= 15 is 0 Å².